The van der Waals surface area contributed by atoms with Crippen molar-refractivity contribution in [2.24, 2.45) is 5.92 Å². The summed E-state index contributed by atoms with van der Waals surface area (Å²) >= 11 is 0. The summed E-state index contributed by atoms with van der Waals surface area (Å²) in [5.74, 6) is 2.25. The molecule has 1 unspecified atom stereocenters. The number of carbonyl (C=O) groups is 1. The third-order valence-corrected chi connectivity index (χ3v) is 6.43. The lowest BCUT2D eigenvalue weighted by Crippen LogP contribution is -2.47. The zero-order chi connectivity index (χ0) is 22.6. The molecule has 0 radical (unpaired) electrons. The maximum atomic E-state index is 13.0. The van der Waals surface area contributed by atoms with Crippen LogP contribution in [0.15, 0.2) is 36.7 Å². The number of likely N-dealkylation sites (tertiary alicyclic amines) is 1. The van der Waals surface area contributed by atoms with Gasteiger partial charge in [0, 0.05) is 57.4 Å². The molecule has 2 aromatic rings. The molecule has 32 heavy (non-hydrogen) atoms. The maximum absolute atomic E-state index is 13.0. The number of nitrogens with zero attached hydrogens (tertiary/aromatic N) is 3. The normalized spacial score (nSPS) is 21.6. The molecule has 1 aromatic heterocycles. The summed E-state index contributed by atoms with van der Waals surface area (Å²) in [5, 5.41) is 0. The first-order valence-corrected chi connectivity index (χ1v) is 11.7. The van der Waals surface area contributed by atoms with E-state index in [1.165, 1.54) is 5.56 Å². The zero-order valence-electron chi connectivity index (χ0n) is 19.5. The Morgan fingerprint density at radius 3 is 2.81 bits per heavy atom. The van der Waals surface area contributed by atoms with Crippen molar-refractivity contribution in [3.8, 4) is 5.75 Å². The van der Waals surface area contributed by atoms with Gasteiger partial charge in [-0.1, -0.05) is 12.1 Å². The lowest BCUT2D eigenvalue weighted by Gasteiger charge is -2.39. The Kier molecular flexibility index (Phi) is 7.16. The number of ether oxygens (including phenoxy) is 2. The van der Waals surface area contributed by atoms with E-state index in [1.807, 2.05) is 17.2 Å². The molecule has 1 amide bonds. The number of hydrogen-bond donors (Lipinski definition) is 1. The number of imidazole rings is 1. The molecule has 1 aromatic carbocycles. The van der Waals surface area contributed by atoms with Crippen LogP contribution in [0.1, 0.15) is 50.9 Å². The molecular formula is C25H36N4O3. The van der Waals surface area contributed by atoms with Crippen LogP contribution in [0.25, 0.3) is 0 Å². The molecule has 1 N–H and O–H groups in total. The van der Waals surface area contributed by atoms with E-state index in [4.69, 9.17) is 9.47 Å². The van der Waals surface area contributed by atoms with Gasteiger partial charge in [-0.2, -0.15) is 0 Å². The zero-order valence-corrected chi connectivity index (χ0v) is 19.5. The molecule has 7 nitrogen and oxygen atoms in total. The van der Waals surface area contributed by atoms with Gasteiger partial charge in [0.05, 0.1) is 12.1 Å². The van der Waals surface area contributed by atoms with Gasteiger partial charge < -0.3 is 19.4 Å². The molecule has 2 aliphatic rings. The third-order valence-electron chi connectivity index (χ3n) is 6.43. The second kappa shape index (κ2) is 10.0. The van der Waals surface area contributed by atoms with Crippen molar-refractivity contribution in [1.29, 1.82) is 0 Å². The Balaban J connectivity index is 1.25. The van der Waals surface area contributed by atoms with Gasteiger partial charge in [-0.3, -0.25) is 9.69 Å². The van der Waals surface area contributed by atoms with E-state index in [9.17, 15) is 4.79 Å². The molecule has 2 saturated heterocycles. The lowest BCUT2D eigenvalue weighted by atomic mass is 9.87. The summed E-state index contributed by atoms with van der Waals surface area (Å²) in [6.45, 7) is 7.97. The Hall–Kier alpha value is -2.38. The molecule has 4 rings (SSSR count). The van der Waals surface area contributed by atoms with E-state index in [0.29, 0.717) is 12.5 Å². The summed E-state index contributed by atoms with van der Waals surface area (Å²) < 4.78 is 12.1. The van der Waals surface area contributed by atoms with Crippen molar-refractivity contribution in [2.75, 3.05) is 26.7 Å². The average Bonchev–Trinajstić information content (AvgIpc) is 3.26. The number of hydrogen-bond acceptors (Lipinski definition) is 5. The Morgan fingerprint density at radius 1 is 1.28 bits per heavy atom. The molecule has 3 heterocycles. The van der Waals surface area contributed by atoms with Gasteiger partial charge in [0.15, 0.2) is 0 Å². The first-order valence-electron chi connectivity index (χ1n) is 11.7. The van der Waals surface area contributed by atoms with Crippen LogP contribution in [-0.2, 0) is 22.6 Å². The van der Waals surface area contributed by atoms with Gasteiger partial charge in [0.1, 0.15) is 17.7 Å². The smallest absolute Gasteiger partial charge is 0.225 e. The van der Waals surface area contributed by atoms with Gasteiger partial charge in [0.2, 0.25) is 5.91 Å². The molecule has 1 atom stereocenters. The van der Waals surface area contributed by atoms with Crippen molar-refractivity contribution in [3.05, 3.63) is 48.0 Å². The molecule has 174 valence electrons. The molecule has 0 bridgehead atoms. The Morgan fingerprint density at radius 2 is 2.09 bits per heavy atom. The maximum Gasteiger partial charge on any atom is 0.225 e. The predicted molar refractivity (Wildman–Crippen MR) is 123 cm³/mol. The quantitative estimate of drug-likeness (QED) is 0.712. The fourth-order valence-corrected chi connectivity index (χ4v) is 4.81. The molecule has 7 heteroatoms. The van der Waals surface area contributed by atoms with Crippen LogP contribution in [0, 0.1) is 5.92 Å². The van der Waals surface area contributed by atoms with Crippen LogP contribution >= 0.6 is 0 Å². The topological polar surface area (TPSA) is 70.7 Å². The minimum absolute atomic E-state index is 0.0890. The minimum atomic E-state index is -0.197. The first-order chi connectivity index (χ1) is 15.4. The highest BCUT2D eigenvalue weighted by molar-refractivity contribution is 5.79. The van der Waals surface area contributed by atoms with Gasteiger partial charge in [-0.25, -0.2) is 4.98 Å². The summed E-state index contributed by atoms with van der Waals surface area (Å²) in [6.07, 6.45) is 7.17. The largest absolute Gasteiger partial charge is 0.490 e. The van der Waals surface area contributed by atoms with Crippen LogP contribution in [0.2, 0.25) is 0 Å². The van der Waals surface area contributed by atoms with Crippen LogP contribution in [0.5, 0.6) is 5.75 Å². The highest BCUT2D eigenvalue weighted by Crippen LogP contribution is 2.31. The summed E-state index contributed by atoms with van der Waals surface area (Å²) in [5.41, 5.74) is 1.02. The second-order valence-corrected chi connectivity index (χ2v) is 9.80. The van der Waals surface area contributed by atoms with E-state index in [0.717, 1.165) is 63.4 Å². The average molecular weight is 441 g/mol. The number of nitrogens with one attached hydrogen (secondary N) is 1. The second-order valence-electron chi connectivity index (χ2n) is 9.80. The van der Waals surface area contributed by atoms with E-state index in [-0.39, 0.29) is 17.6 Å². The van der Waals surface area contributed by atoms with Crippen molar-refractivity contribution in [1.82, 2.24) is 19.8 Å². The summed E-state index contributed by atoms with van der Waals surface area (Å²) in [7, 11) is 2.09. The van der Waals surface area contributed by atoms with Crippen LogP contribution in [0.4, 0.5) is 0 Å². The van der Waals surface area contributed by atoms with Gasteiger partial charge in [-0.05, 0) is 51.4 Å². The first kappa shape index (κ1) is 22.8. The number of piperidine rings is 1. The number of aromatic amines is 1. The number of aromatic nitrogens is 2. The van der Waals surface area contributed by atoms with Crippen molar-refractivity contribution in [3.63, 3.8) is 0 Å². The number of rotatable bonds is 7. The van der Waals surface area contributed by atoms with Crippen LogP contribution in [-0.4, -0.2) is 64.1 Å². The Bertz CT molecular complexity index is 875. The number of H-pyrrole nitrogens is 1. The molecule has 2 fully saturated rings. The third kappa shape index (κ3) is 6.11. The molecule has 0 saturated carbocycles. The fraction of sp³-hybridized carbons (Fsp3) is 0.600. The van der Waals surface area contributed by atoms with E-state index in [2.05, 4.69) is 54.0 Å². The highest BCUT2D eigenvalue weighted by Gasteiger charge is 2.36. The SMILES string of the molecule is CN(Cc1cccc(OC2CCN(C(=O)C3CCOC(C)(C)C3)CC2)c1)Cc1ncc[nH]1. The monoisotopic (exact) mass is 440 g/mol. The van der Waals surface area contributed by atoms with Crippen molar-refractivity contribution in [2.45, 2.75) is 64.3 Å². The van der Waals surface area contributed by atoms with E-state index >= 15 is 0 Å². The number of benzene rings is 1. The Labute approximate surface area is 191 Å². The lowest BCUT2D eigenvalue weighted by molar-refractivity contribution is -0.147. The fourth-order valence-electron chi connectivity index (χ4n) is 4.81. The van der Waals surface area contributed by atoms with Crippen LogP contribution < -0.4 is 4.74 Å². The van der Waals surface area contributed by atoms with Crippen LogP contribution in [0.3, 0.4) is 0 Å². The number of carbonyl (C=O) groups excluding carboxylic acids is 1. The minimum Gasteiger partial charge on any atom is -0.490 e. The van der Waals surface area contributed by atoms with E-state index < -0.39 is 0 Å². The van der Waals surface area contributed by atoms with Gasteiger partial charge in [-0.15, -0.1) is 0 Å². The molecule has 0 aliphatic carbocycles. The highest BCUT2D eigenvalue weighted by atomic mass is 16.5. The van der Waals surface area contributed by atoms with Crippen molar-refractivity contribution < 1.29 is 14.3 Å². The molecule has 0 spiro atoms. The van der Waals surface area contributed by atoms with E-state index in [1.54, 1.807) is 6.20 Å². The van der Waals surface area contributed by atoms with Gasteiger partial charge >= 0.3 is 0 Å². The van der Waals surface area contributed by atoms with Gasteiger partial charge in [0.25, 0.3) is 0 Å². The summed E-state index contributed by atoms with van der Waals surface area (Å²) in [6, 6.07) is 8.33. The summed E-state index contributed by atoms with van der Waals surface area (Å²) in [4.78, 5) is 24.7. The molecule has 2 aliphatic heterocycles. The standard InChI is InChI=1S/C25H36N4O3/c1-25(2)16-20(9-14-31-25)24(30)29-12-7-21(8-13-29)32-22-6-4-5-19(15-22)17-28(3)18-23-26-10-11-27-23/h4-6,10-11,15,20-21H,7-9,12-14,16-18H2,1-3H3,(H,26,27). The van der Waals surface area contributed by atoms with Crippen molar-refractivity contribution >= 4 is 5.91 Å². The molecular weight excluding hydrogens is 404 g/mol. The number of amides is 1. The predicted octanol–water partition coefficient (Wildman–Crippen LogP) is 3.62.